The van der Waals surface area contributed by atoms with Crippen LogP contribution in [0.5, 0.6) is 11.5 Å². The second-order valence-corrected chi connectivity index (χ2v) is 6.87. The molecule has 0 fully saturated rings. The Balaban J connectivity index is 1.84. The number of aromatic amines is 1. The second kappa shape index (κ2) is 9.94. The minimum atomic E-state index is -0.537. The van der Waals surface area contributed by atoms with Gasteiger partial charge in [-0.3, -0.25) is 14.2 Å². The number of rotatable bonds is 9. The molecule has 0 aliphatic carbocycles. The number of H-pyrrole nitrogens is 1. The van der Waals surface area contributed by atoms with Crippen molar-refractivity contribution in [1.29, 1.82) is 0 Å². The van der Waals surface area contributed by atoms with E-state index in [0.717, 1.165) is 11.0 Å². The van der Waals surface area contributed by atoms with Crippen LogP contribution >= 0.6 is 0 Å². The first kappa shape index (κ1) is 22.1. The molecule has 1 heterocycles. The van der Waals surface area contributed by atoms with E-state index in [1.165, 1.54) is 14.2 Å². The number of ether oxygens (including phenoxy) is 3. The predicted octanol–water partition coefficient (Wildman–Crippen LogP) is 1.52. The molecule has 0 aliphatic rings. The fraction of sp³-hybridized carbons (Fsp3) is 0.318. The summed E-state index contributed by atoms with van der Waals surface area (Å²) < 4.78 is 16.5. The number of amides is 1. The summed E-state index contributed by atoms with van der Waals surface area (Å²) in [5.74, 6) is 0.620. The minimum absolute atomic E-state index is 0.0637. The summed E-state index contributed by atoms with van der Waals surface area (Å²) in [5, 5.41) is 3.12. The van der Waals surface area contributed by atoms with Gasteiger partial charge in [0.2, 0.25) is 0 Å². The van der Waals surface area contributed by atoms with Gasteiger partial charge in [-0.25, -0.2) is 4.79 Å². The first-order chi connectivity index (χ1) is 15.0. The normalized spacial score (nSPS) is 10.8. The highest BCUT2D eigenvalue weighted by Crippen LogP contribution is 2.29. The third kappa shape index (κ3) is 4.95. The van der Waals surface area contributed by atoms with E-state index < -0.39 is 11.2 Å². The average molecular weight is 427 g/mol. The Hall–Kier alpha value is -3.59. The third-order valence-corrected chi connectivity index (χ3v) is 4.85. The van der Waals surface area contributed by atoms with E-state index in [-0.39, 0.29) is 12.5 Å². The molecule has 1 aromatic heterocycles. The molecule has 2 aromatic carbocycles. The lowest BCUT2D eigenvalue weighted by Crippen LogP contribution is -2.35. The molecular formula is C22H25N3O6. The number of nitrogens with one attached hydrogen (secondary N) is 2. The van der Waals surface area contributed by atoms with Gasteiger partial charge in [0.25, 0.3) is 11.5 Å². The standard InChI is InChI=1S/C22H25N3O6/c1-29-10-4-9-23-20(26)15-7-5-14(6-8-15)13-25-21(27)16-11-18(30-2)19(31-3)12-17(16)24-22(25)28/h5-8,11-12H,4,9-10,13H2,1-3H3,(H,23,26)(H,24,28). The van der Waals surface area contributed by atoms with E-state index in [2.05, 4.69) is 10.3 Å². The lowest BCUT2D eigenvalue weighted by atomic mass is 10.1. The molecule has 0 aliphatic heterocycles. The van der Waals surface area contributed by atoms with E-state index in [0.29, 0.717) is 46.7 Å². The number of hydrogen-bond donors (Lipinski definition) is 2. The molecule has 2 N–H and O–H groups in total. The van der Waals surface area contributed by atoms with Gasteiger partial charge in [-0.1, -0.05) is 12.1 Å². The summed E-state index contributed by atoms with van der Waals surface area (Å²) in [4.78, 5) is 40.3. The van der Waals surface area contributed by atoms with Crippen molar-refractivity contribution in [2.75, 3.05) is 34.5 Å². The highest BCUT2D eigenvalue weighted by atomic mass is 16.5. The van der Waals surface area contributed by atoms with E-state index in [4.69, 9.17) is 14.2 Å². The van der Waals surface area contributed by atoms with Crippen LogP contribution in [0.2, 0.25) is 0 Å². The van der Waals surface area contributed by atoms with Gasteiger partial charge in [-0.05, 0) is 30.2 Å². The van der Waals surface area contributed by atoms with Gasteiger partial charge in [0, 0.05) is 31.9 Å². The highest BCUT2D eigenvalue weighted by Gasteiger charge is 2.13. The van der Waals surface area contributed by atoms with Crippen molar-refractivity contribution in [2.24, 2.45) is 0 Å². The lowest BCUT2D eigenvalue weighted by Gasteiger charge is -2.11. The monoisotopic (exact) mass is 427 g/mol. The number of carbonyl (C=O) groups is 1. The van der Waals surface area contributed by atoms with Crippen LogP contribution in [0.4, 0.5) is 0 Å². The van der Waals surface area contributed by atoms with Gasteiger partial charge in [0.05, 0.1) is 31.7 Å². The molecule has 1 amide bonds. The second-order valence-electron chi connectivity index (χ2n) is 6.87. The summed E-state index contributed by atoms with van der Waals surface area (Å²) >= 11 is 0. The largest absolute Gasteiger partial charge is 0.493 e. The van der Waals surface area contributed by atoms with E-state index in [9.17, 15) is 14.4 Å². The smallest absolute Gasteiger partial charge is 0.329 e. The van der Waals surface area contributed by atoms with Crippen LogP contribution in [0, 0.1) is 0 Å². The van der Waals surface area contributed by atoms with Crippen molar-refractivity contribution < 1.29 is 19.0 Å². The van der Waals surface area contributed by atoms with Crippen molar-refractivity contribution in [3.05, 3.63) is 68.4 Å². The number of hydrogen-bond acceptors (Lipinski definition) is 6. The van der Waals surface area contributed by atoms with Crippen molar-refractivity contribution >= 4 is 16.8 Å². The Morgan fingerprint density at radius 3 is 2.35 bits per heavy atom. The summed E-state index contributed by atoms with van der Waals surface area (Å²) in [6.07, 6.45) is 0.727. The Bertz CT molecular complexity index is 1180. The molecule has 3 rings (SSSR count). The van der Waals surface area contributed by atoms with Crippen LogP contribution in [-0.2, 0) is 11.3 Å². The Morgan fingerprint density at radius 1 is 1.03 bits per heavy atom. The van der Waals surface area contributed by atoms with Gasteiger partial charge >= 0.3 is 5.69 Å². The maximum atomic E-state index is 12.9. The van der Waals surface area contributed by atoms with Crippen LogP contribution in [0.15, 0.2) is 46.0 Å². The van der Waals surface area contributed by atoms with Crippen LogP contribution in [0.25, 0.3) is 10.9 Å². The zero-order valence-corrected chi connectivity index (χ0v) is 17.7. The minimum Gasteiger partial charge on any atom is -0.493 e. The van der Waals surface area contributed by atoms with E-state index in [1.54, 1.807) is 43.5 Å². The number of benzene rings is 2. The molecule has 31 heavy (non-hydrogen) atoms. The molecule has 0 atom stereocenters. The van der Waals surface area contributed by atoms with E-state index >= 15 is 0 Å². The Morgan fingerprint density at radius 2 is 1.71 bits per heavy atom. The number of aromatic nitrogens is 2. The number of nitrogens with zero attached hydrogens (tertiary/aromatic N) is 1. The molecule has 3 aromatic rings. The summed E-state index contributed by atoms with van der Waals surface area (Å²) in [6, 6.07) is 9.86. The molecule has 164 valence electrons. The number of methoxy groups -OCH3 is 3. The van der Waals surface area contributed by atoms with Crippen LogP contribution < -0.4 is 26.0 Å². The van der Waals surface area contributed by atoms with Crippen molar-refractivity contribution in [3.8, 4) is 11.5 Å². The molecule has 0 bridgehead atoms. The number of carbonyl (C=O) groups excluding carboxylic acids is 1. The SMILES string of the molecule is COCCCNC(=O)c1ccc(Cn2c(=O)[nH]c3cc(OC)c(OC)cc3c2=O)cc1. The fourth-order valence-corrected chi connectivity index (χ4v) is 3.19. The summed E-state index contributed by atoms with van der Waals surface area (Å²) in [7, 11) is 4.57. The van der Waals surface area contributed by atoms with Gasteiger partial charge in [0.1, 0.15) is 0 Å². The zero-order valence-electron chi connectivity index (χ0n) is 17.7. The molecule has 0 unspecified atom stereocenters. The van der Waals surface area contributed by atoms with Crippen molar-refractivity contribution in [3.63, 3.8) is 0 Å². The number of fused-ring (bicyclic) bond motifs is 1. The van der Waals surface area contributed by atoms with Crippen LogP contribution in [0.3, 0.4) is 0 Å². The molecule has 0 spiro atoms. The van der Waals surface area contributed by atoms with Crippen LogP contribution in [0.1, 0.15) is 22.3 Å². The molecule has 9 heteroatoms. The van der Waals surface area contributed by atoms with Crippen molar-refractivity contribution in [2.45, 2.75) is 13.0 Å². The van der Waals surface area contributed by atoms with Gasteiger partial charge in [-0.2, -0.15) is 0 Å². The topological polar surface area (TPSA) is 112 Å². The molecule has 9 nitrogen and oxygen atoms in total. The van der Waals surface area contributed by atoms with Crippen molar-refractivity contribution in [1.82, 2.24) is 14.9 Å². The average Bonchev–Trinajstić information content (AvgIpc) is 2.79. The maximum absolute atomic E-state index is 12.9. The van der Waals surface area contributed by atoms with E-state index in [1.807, 2.05) is 0 Å². The molecular weight excluding hydrogens is 402 g/mol. The molecule has 0 saturated carbocycles. The first-order valence-corrected chi connectivity index (χ1v) is 9.73. The fourth-order valence-electron chi connectivity index (χ4n) is 3.19. The van der Waals surface area contributed by atoms with Gasteiger partial charge < -0.3 is 24.5 Å². The summed E-state index contributed by atoms with van der Waals surface area (Å²) in [6.45, 7) is 1.16. The van der Waals surface area contributed by atoms with Gasteiger partial charge in [0.15, 0.2) is 11.5 Å². The Labute approximate surface area is 178 Å². The third-order valence-electron chi connectivity index (χ3n) is 4.85. The van der Waals surface area contributed by atoms with Gasteiger partial charge in [-0.15, -0.1) is 0 Å². The molecule has 0 radical (unpaired) electrons. The summed E-state index contributed by atoms with van der Waals surface area (Å²) in [5.41, 5.74) is 0.592. The highest BCUT2D eigenvalue weighted by molar-refractivity contribution is 5.94. The molecule has 0 saturated heterocycles. The lowest BCUT2D eigenvalue weighted by molar-refractivity contribution is 0.0948. The zero-order chi connectivity index (χ0) is 22.4. The first-order valence-electron chi connectivity index (χ1n) is 9.73. The predicted molar refractivity (Wildman–Crippen MR) is 116 cm³/mol. The quantitative estimate of drug-likeness (QED) is 0.501. The Kier molecular flexibility index (Phi) is 7.09. The van der Waals surface area contributed by atoms with Crippen LogP contribution in [-0.4, -0.2) is 49.9 Å². The maximum Gasteiger partial charge on any atom is 0.329 e.